The molecule has 1 amide bonds. The van der Waals surface area contributed by atoms with Crippen LogP contribution in [0.2, 0.25) is 0 Å². The third-order valence-corrected chi connectivity index (χ3v) is 5.43. The summed E-state index contributed by atoms with van der Waals surface area (Å²) < 4.78 is 18.6. The zero-order valence-electron chi connectivity index (χ0n) is 16.1. The number of ether oxygens (including phenoxy) is 1. The highest BCUT2D eigenvalue weighted by atomic mass is 19.1. The molecule has 2 aliphatic rings. The van der Waals surface area contributed by atoms with Crippen LogP contribution in [0.5, 0.6) is 5.75 Å². The minimum Gasteiger partial charge on any atom is -0.484 e. The molecule has 0 bridgehead atoms. The molecule has 0 saturated carbocycles. The van der Waals surface area contributed by atoms with Crippen molar-refractivity contribution in [3.8, 4) is 5.75 Å². The number of carbonyl (C=O) groups excluding carboxylic acids is 1. The fourth-order valence-electron chi connectivity index (χ4n) is 3.77. The van der Waals surface area contributed by atoms with E-state index >= 15 is 0 Å². The number of aliphatic imine (C=N–C) groups is 1. The van der Waals surface area contributed by atoms with Gasteiger partial charge in [-0.3, -0.25) is 4.79 Å². The lowest BCUT2D eigenvalue weighted by molar-refractivity contribution is -0.137. The van der Waals surface area contributed by atoms with Crippen molar-refractivity contribution in [2.75, 3.05) is 26.2 Å². The molecule has 0 aromatic heterocycles. The molecule has 1 N–H and O–H groups in total. The Labute approximate surface area is 169 Å². The predicted octanol–water partition coefficient (Wildman–Crippen LogP) is 2.73. The van der Waals surface area contributed by atoms with Crippen LogP contribution in [0, 0.1) is 5.82 Å². The van der Waals surface area contributed by atoms with Crippen LogP contribution in [-0.4, -0.2) is 59.0 Å². The van der Waals surface area contributed by atoms with Gasteiger partial charge in [-0.2, -0.15) is 0 Å². The number of halogens is 1. The van der Waals surface area contributed by atoms with Crippen LogP contribution in [-0.2, 0) is 11.3 Å². The van der Waals surface area contributed by atoms with Crippen molar-refractivity contribution in [3.63, 3.8) is 0 Å². The third kappa shape index (κ3) is 4.74. The van der Waals surface area contributed by atoms with Gasteiger partial charge in [0.1, 0.15) is 11.6 Å². The van der Waals surface area contributed by atoms with Crippen LogP contribution in [0.1, 0.15) is 18.4 Å². The summed E-state index contributed by atoms with van der Waals surface area (Å²) in [5.41, 5.74) is 1.24. The predicted molar refractivity (Wildman–Crippen MR) is 108 cm³/mol. The lowest BCUT2D eigenvalue weighted by Crippen LogP contribution is -2.52. The minimum absolute atomic E-state index is 0.141. The first-order valence-corrected chi connectivity index (χ1v) is 9.75. The Bertz CT molecular complexity index is 910. The van der Waals surface area contributed by atoms with Crippen molar-refractivity contribution in [1.82, 2.24) is 9.80 Å². The summed E-state index contributed by atoms with van der Waals surface area (Å²) in [6.45, 7) is 1.98. The number of nitrogens with zero attached hydrogens (tertiary/aromatic N) is 3. The summed E-state index contributed by atoms with van der Waals surface area (Å²) in [4.78, 5) is 20.6. The highest BCUT2D eigenvalue weighted by Crippen LogP contribution is 2.28. The number of rotatable bonds is 5. The first kappa shape index (κ1) is 19.4. The Morgan fingerprint density at radius 1 is 1.17 bits per heavy atom. The number of piperidine rings is 1. The molecule has 2 aromatic rings. The number of benzene rings is 2. The first-order valence-electron chi connectivity index (χ1n) is 9.75. The van der Waals surface area contributed by atoms with Crippen LogP contribution >= 0.6 is 0 Å². The van der Waals surface area contributed by atoms with Gasteiger partial charge in [0, 0.05) is 32.2 Å². The summed E-state index contributed by atoms with van der Waals surface area (Å²) in [6.07, 6.45) is 2.76. The van der Waals surface area contributed by atoms with Crippen molar-refractivity contribution >= 4 is 17.9 Å². The molecule has 1 saturated heterocycles. The van der Waals surface area contributed by atoms with Gasteiger partial charge in [-0.05, 0) is 36.6 Å². The molecule has 2 heterocycles. The Morgan fingerprint density at radius 3 is 2.76 bits per heavy atom. The van der Waals surface area contributed by atoms with E-state index in [-0.39, 0.29) is 12.5 Å². The molecule has 6 nitrogen and oxygen atoms in total. The Balaban J connectivity index is 1.27. The molecule has 7 heteroatoms. The van der Waals surface area contributed by atoms with Crippen LogP contribution in [0.4, 0.5) is 10.1 Å². The quantitative estimate of drug-likeness (QED) is 0.843. The average molecular weight is 397 g/mol. The van der Waals surface area contributed by atoms with Gasteiger partial charge in [0.2, 0.25) is 0 Å². The molecule has 2 aliphatic heterocycles. The normalized spacial score (nSPS) is 17.7. The lowest BCUT2D eigenvalue weighted by Gasteiger charge is -2.41. The Hall–Kier alpha value is -2.93. The number of hydrogen-bond donors (Lipinski definition) is 1. The van der Waals surface area contributed by atoms with Crippen molar-refractivity contribution in [1.29, 1.82) is 0 Å². The molecule has 0 spiro atoms. The summed E-state index contributed by atoms with van der Waals surface area (Å²) in [7, 11) is 0. The van der Waals surface area contributed by atoms with E-state index in [0.29, 0.717) is 44.8 Å². The van der Waals surface area contributed by atoms with Crippen LogP contribution in [0.3, 0.4) is 0 Å². The molecule has 29 heavy (non-hydrogen) atoms. The van der Waals surface area contributed by atoms with E-state index in [1.165, 1.54) is 12.1 Å². The van der Waals surface area contributed by atoms with Gasteiger partial charge < -0.3 is 19.6 Å². The highest BCUT2D eigenvalue weighted by molar-refractivity contribution is 5.78. The molecule has 0 atom stereocenters. The van der Waals surface area contributed by atoms with Crippen LogP contribution < -0.4 is 4.74 Å². The zero-order chi connectivity index (χ0) is 20.3. The average Bonchev–Trinajstić information content (AvgIpc) is 2.72. The molecule has 0 radical (unpaired) electrons. The van der Waals surface area contributed by atoms with Crippen molar-refractivity contribution in [2.24, 2.45) is 4.99 Å². The topological polar surface area (TPSA) is 65.4 Å². The van der Waals surface area contributed by atoms with Gasteiger partial charge in [-0.1, -0.05) is 24.3 Å². The first-order chi connectivity index (χ1) is 14.0. The largest absolute Gasteiger partial charge is 0.484 e. The molecule has 4 rings (SSSR count). The smallest absolute Gasteiger partial charge is 0.260 e. The Kier molecular flexibility index (Phi) is 5.49. The van der Waals surface area contributed by atoms with Gasteiger partial charge in [0.15, 0.2) is 6.61 Å². The maximum atomic E-state index is 13.2. The number of para-hydroxylation sites is 1. The number of amides is 1. The van der Waals surface area contributed by atoms with Crippen LogP contribution in [0.25, 0.3) is 0 Å². The lowest BCUT2D eigenvalue weighted by atomic mass is 9.90. The van der Waals surface area contributed by atoms with Crippen molar-refractivity contribution in [3.05, 3.63) is 59.9 Å². The van der Waals surface area contributed by atoms with E-state index in [9.17, 15) is 14.3 Å². The molecule has 0 unspecified atom stereocenters. The molecule has 2 aromatic carbocycles. The molecule has 1 fully saturated rings. The summed E-state index contributed by atoms with van der Waals surface area (Å²) in [5, 5.41) is 11.0. The van der Waals surface area contributed by atoms with Gasteiger partial charge in [-0.25, -0.2) is 9.38 Å². The number of carbonyl (C=O) groups is 1. The fourth-order valence-corrected chi connectivity index (χ4v) is 3.77. The van der Waals surface area contributed by atoms with Gasteiger partial charge in [0.25, 0.3) is 5.91 Å². The molecule has 152 valence electrons. The standard InChI is InChI=1S/C22H24FN3O3/c23-18-5-3-6-19(12-18)29-14-21(27)26-10-8-22(28,9-11-26)15-25-13-17-4-1-2-7-20(17)24-16-25/h1-7,12,16,28H,8-11,13-15H2. The third-order valence-electron chi connectivity index (χ3n) is 5.43. The Morgan fingerprint density at radius 2 is 1.97 bits per heavy atom. The summed E-state index contributed by atoms with van der Waals surface area (Å²) in [6, 6.07) is 13.7. The monoisotopic (exact) mass is 397 g/mol. The second-order valence-electron chi connectivity index (χ2n) is 7.63. The second-order valence-corrected chi connectivity index (χ2v) is 7.63. The number of aliphatic hydroxyl groups is 1. The molecular formula is C22H24FN3O3. The van der Waals surface area contributed by atoms with E-state index < -0.39 is 11.4 Å². The zero-order valence-corrected chi connectivity index (χ0v) is 16.1. The second kappa shape index (κ2) is 8.21. The molecular weight excluding hydrogens is 373 g/mol. The van der Waals surface area contributed by atoms with Gasteiger partial charge >= 0.3 is 0 Å². The number of fused-ring (bicyclic) bond motifs is 1. The SMILES string of the molecule is O=C(COc1cccc(F)c1)N1CCC(O)(CN2C=Nc3ccccc3C2)CC1. The van der Waals surface area contributed by atoms with E-state index in [4.69, 9.17) is 4.74 Å². The maximum Gasteiger partial charge on any atom is 0.260 e. The van der Waals surface area contributed by atoms with E-state index in [1.807, 2.05) is 29.2 Å². The number of β-amino-alcohol motifs (C(OH)–C–C–N with tert-alkyl or cyclic N) is 1. The van der Waals surface area contributed by atoms with Crippen LogP contribution in [0.15, 0.2) is 53.5 Å². The van der Waals surface area contributed by atoms with Crippen molar-refractivity contribution < 1.29 is 19.0 Å². The van der Waals surface area contributed by atoms with E-state index in [2.05, 4.69) is 4.99 Å². The summed E-state index contributed by atoms with van der Waals surface area (Å²) >= 11 is 0. The fraction of sp³-hybridized carbons (Fsp3) is 0.364. The maximum absolute atomic E-state index is 13.2. The molecule has 0 aliphatic carbocycles. The van der Waals surface area contributed by atoms with Gasteiger partial charge in [-0.15, -0.1) is 0 Å². The summed E-state index contributed by atoms with van der Waals surface area (Å²) in [5.74, 6) is -0.233. The number of likely N-dealkylation sites (tertiary alicyclic amines) is 1. The van der Waals surface area contributed by atoms with Gasteiger partial charge in [0.05, 0.1) is 17.6 Å². The highest BCUT2D eigenvalue weighted by Gasteiger charge is 2.35. The number of hydrogen-bond acceptors (Lipinski definition) is 5. The minimum atomic E-state index is -0.863. The van der Waals surface area contributed by atoms with E-state index in [1.54, 1.807) is 23.4 Å². The van der Waals surface area contributed by atoms with E-state index in [0.717, 1.165) is 11.3 Å². The van der Waals surface area contributed by atoms with Crippen molar-refractivity contribution in [2.45, 2.75) is 25.0 Å².